The third kappa shape index (κ3) is 11.0. The molecule has 0 aromatic rings. The molecule has 11 heavy (non-hydrogen) atoms. The second-order valence-corrected chi connectivity index (χ2v) is 2.60. The van der Waals surface area contributed by atoms with E-state index in [1.807, 2.05) is 0 Å². The number of rotatable bonds is 5. The summed E-state index contributed by atoms with van der Waals surface area (Å²) in [5.41, 5.74) is 0. The van der Waals surface area contributed by atoms with E-state index in [4.69, 9.17) is 5.11 Å². The molecule has 7 radical (unpaired) electrons. The number of aliphatic hydroxyl groups excluding tert-OH is 1. The third-order valence-corrected chi connectivity index (χ3v) is 1.80. The second-order valence-electron chi connectivity index (χ2n) is 2.60. The van der Waals surface area contributed by atoms with Crippen molar-refractivity contribution in [3.63, 3.8) is 0 Å². The lowest BCUT2D eigenvalue weighted by Crippen LogP contribution is -2.03. The van der Waals surface area contributed by atoms with Crippen molar-refractivity contribution in [3.8, 4) is 0 Å². The van der Waals surface area contributed by atoms with Crippen molar-refractivity contribution >= 4 is 29.7 Å². The van der Waals surface area contributed by atoms with Crippen molar-refractivity contribution < 1.29 is 5.11 Å². The van der Waals surface area contributed by atoms with Crippen molar-refractivity contribution in [3.05, 3.63) is 0 Å². The summed E-state index contributed by atoms with van der Waals surface area (Å²) >= 11 is 1.33. The lowest BCUT2D eigenvalue weighted by molar-refractivity contribution is 0.212. The molecule has 0 amide bonds. The Morgan fingerprint density at radius 3 is 2.18 bits per heavy atom. The van der Waals surface area contributed by atoms with Gasteiger partial charge in [0.15, 0.2) is 0 Å². The Balaban J connectivity index is 0. The van der Waals surface area contributed by atoms with E-state index in [1.54, 1.807) is 0 Å². The van der Waals surface area contributed by atoms with E-state index in [2.05, 4.69) is 22.9 Å². The molecule has 0 bridgehead atoms. The molecule has 1 unspecified atom stereocenters. The highest BCUT2D eigenvalue weighted by molar-refractivity contribution is 6.80. The van der Waals surface area contributed by atoms with Gasteiger partial charge in [-0.15, -0.1) is 0 Å². The average molecular weight is 190 g/mol. The van der Waals surface area contributed by atoms with Gasteiger partial charge in [0.25, 0.3) is 0 Å². The molecule has 3 heteroatoms. The van der Waals surface area contributed by atoms with Crippen LogP contribution in [-0.2, 0) is 0 Å². The van der Waals surface area contributed by atoms with Gasteiger partial charge < -0.3 is 5.11 Å². The highest BCUT2D eigenvalue weighted by atomic mass is 35.5. The number of hydrogen-bond donors (Lipinski definition) is 1. The Morgan fingerprint density at radius 2 is 1.91 bits per heavy atom. The number of hydrogen-bond acceptors (Lipinski definition) is 1. The molecule has 0 saturated carbocycles. The topological polar surface area (TPSA) is 20.2 Å². The zero-order valence-electron chi connectivity index (χ0n) is 7.65. The highest BCUT2D eigenvalue weighted by Gasteiger charge is 2.16. The van der Waals surface area contributed by atoms with Crippen molar-refractivity contribution in [1.82, 2.24) is 0 Å². The van der Waals surface area contributed by atoms with E-state index in [-0.39, 0.29) is 0 Å². The van der Waals surface area contributed by atoms with Crippen LogP contribution in [0.15, 0.2) is 0 Å². The zero-order valence-corrected chi connectivity index (χ0v) is 9.82. The van der Waals surface area contributed by atoms with Crippen LogP contribution >= 0.6 is 9.07 Å². The maximum atomic E-state index is 8.75. The molecule has 0 fully saturated rings. The number of unbranched alkanes of at least 4 members (excludes halogenated alkanes) is 1. The van der Waals surface area contributed by atoms with Crippen molar-refractivity contribution in [2.75, 3.05) is 6.61 Å². The number of halogens is 1. The first-order chi connectivity index (χ1) is 5.35. The smallest absolute Gasteiger partial charge is 0.396 e. The first-order valence-corrected chi connectivity index (χ1v) is 6.36. The molecular formula is C8H18ClMgO+2. The Kier molecular flexibility index (Phi) is 18.0. The summed E-state index contributed by atoms with van der Waals surface area (Å²) in [7, 11) is 4.67. The summed E-state index contributed by atoms with van der Waals surface area (Å²) in [5, 5.41) is 8.75. The number of aliphatic hydroxyl groups is 1. The van der Waals surface area contributed by atoms with Crippen LogP contribution in [0.5, 0.6) is 0 Å². The standard InChI is InChI=1S/C8H18O.ClH.Mg/c1-3-5-6-8(4-2)7-9;;/h8-9H,3-7H2,1-2H3;1H;/q;;+3/p-1. The monoisotopic (exact) mass is 189 g/mol. The summed E-state index contributed by atoms with van der Waals surface area (Å²) in [5.74, 6) is 0.560. The average Bonchev–Trinajstić information content (AvgIpc) is 2.10. The molecular weight excluding hydrogens is 172 g/mol. The predicted octanol–water partition coefficient (Wildman–Crippen LogP) is 2.50. The first-order valence-electron chi connectivity index (χ1n) is 4.22. The maximum absolute atomic E-state index is 8.75. The summed E-state index contributed by atoms with van der Waals surface area (Å²) in [6.45, 7) is 4.69. The Labute approximate surface area is 86.7 Å². The molecule has 0 aliphatic rings. The van der Waals surface area contributed by atoms with Crippen LogP contribution in [0, 0.1) is 5.92 Å². The molecule has 0 aliphatic heterocycles. The van der Waals surface area contributed by atoms with E-state index < -0.39 is 0 Å². The van der Waals surface area contributed by atoms with Gasteiger partial charge in [-0.1, -0.05) is 33.1 Å². The quantitative estimate of drug-likeness (QED) is 0.660. The molecule has 0 heterocycles. The Morgan fingerprint density at radius 1 is 1.36 bits per heavy atom. The summed E-state index contributed by atoms with van der Waals surface area (Å²) < 4.78 is 0. The van der Waals surface area contributed by atoms with E-state index in [0.29, 0.717) is 12.5 Å². The fraction of sp³-hybridized carbons (Fsp3) is 1.00. The van der Waals surface area contributed by atoms with Crippen LogP contribution in [0.1, 0.15) is 39.5 Å². The van der Waals surface area contributed by atoms with E-state index in [1.165, 1.54) is 39.9 Å². The van der Waals surface area contributed by atoms with Gasteiger partial charge in [-0.2, -0.15) is 0 Å². The van der Waals surface area contributed by atoms with Crippen molar-refractivity contribution in [2.45, 2.75) is 39.5 Å². The lowest BCUT2D eigenvalue weighted by atomic mass is 10.0. The fourth-order valence-electron chi connectivity index (χ4n) is 0.917. The van der Waals surface area contributed by atoms with Gasteiger partial charge in [-0.25, -0.2) is 0 Å². The molecule has 0 saturated heterocycles. The first kappa shape index (κ1) is 14.5. The SMILES string of the molecule is CCCCC(CC)CO.[Mg+2][Cl]. The molecule has 0 rings (SSSR count). The molecule has 1 atom stereocenters. The van der Waals surface area contributed by atoms with Gasteiger partial charge in [-0.3, -0.25) is 0 Å². The highest BCUT2D eigenvalue weighted by Crippen LogP contribution is 2.10. The van der Waals surface area contributed by atoms with Gasteiger partial charge in [-0.05, 0) is 12.3 Å². The van der Waals surface area contributed by atoms with Crippen LogP contribution in [0.4, 0.5) is 0 Å². The lowest BCUT2D eigenvalue weighted by Gasteiger charge is -2.08. The van der Waals surface area contributed by atoms with Gasteiger partial charge in [0.05, 0.1) is 0 Å². The van der Waals surface area contributed by atoms with Gasteiger partial charge in [0.1, 0.15) is 0 Å². The predicted molar refractivity (Wildman–Crippen MR) is 52.0 cm³/mol. The normalized spacial score (nSPS) is 11.7. The van der Waals surface area contributed by atoms with Crippen LogP contribution in [0.25, 0.3) is 0 Å². The van der Waals surface area contributed by atoms with Crippen LogP contribution in [0.3, 0.4) is 0 Å². The molecule has 0 spiro atoms. The third-order valence-electron chi connectivity index (χ3n) is 1.80. The summed E-state index contributed by atoms with van der Waals surface area (Å²) in [4.78, 5) is 0. The van der Waals surface area contributed by atoms with E-state index >= 15 is 0 Å². The van der Waals surface area contributed by atoms with Crippen molar-refractivity contribution in [2.24, 2.45) is 5.92 Å². The van der Waals surface area contributed by atoms with Gasteiger partial charge in [0.2, 0.25) is 0 Å². The van der Waals surface area contributed by atoms with E-state index in [9.17, 15) is 0 Å². The minimum absolute atomic E-state index is 0.372. The molecule has 1 nitrogen and oxygen atoms in total. The van der Waals surface area contributed by atoms with Crippen molar-refractivity contribution in [1.29, 1.82) is 0 Å². The van der Waals surface area contributed by atoms with Crippen LogP contribution in [-0.4, -0.2) is 32.3 Å². The summed E-state index contributed by atoms with van der Waals surface area (Å²) in [6, 6.07) is 0. The zero-order chi connectivity index (χ0) is 9.11. The summed E-state index contributed by atoms with van der Waals surface area (Å²) in [6.07, 6.45) is 4.83. The molecule has 63 valence electrons. The Hall–Kier alpha value is 1.02. The fourth-order valence-corrected chi connectivity index (χ4v) is 0.917. The van der Waals surface area contributed by atoms with Crippen LogP contribution in [0.2, 0.25) is 0 Å². The van der Waals surface area contributed by atoms with E-state index in [0.717, 1.165) is 6.42 Å². The maximum Gasteiger partial charge on any atom is 1.59 e. The minimum atomic E-state index is 0.372. The molecule has 1 N–H and O–H groups in total. The van der Waals surface area contributed by atoms with Gasteiger partial charge >= 0.3 is 29.7 Å². The largest absolute Gasteiger partial charge is 1.59 e. The molecule has 0 aromatic carbocycles. The second kappa shape index (κ2) is 13.6. The van der Waals surface area contributed by atoms with Crippen LogP contribution < -0.4 is 0 Å². The molecule has 0 aromatic heterocycles. The molecule has 0 aliphatic carbocycles. The minimum Gasteiger partial charge on any atom is -0.396 e. The Bertz CT molecular complexity index is 58.1. The van der Waals surface area contributed by atoms with Gasteiger partial charge in [0, 0.05) is 6.61 Å².